The molecule has 1 aliphatic rings. The lowest BCUT2D eigenvalue weighted by atomic mass is 10.1. The summed E-state index contributed by atoms with van der Waals surface area (Å²) in [6.07, 6.45) is 7.05. The van der Waals surface area contributed by atoms with E-state index in [1.54, 1.807) is 11.1 Å². The van der Waals surface area contributed by atoms with Crippen molar-refractivity contribution in [2.24, 2.45) is 0 Å². The number of ether oxygens (including phenoxy) is 1. The van der Waals surface area contributed by atoms with Crippen LogP contribution in [0.15, 0.2) is 67.1 Å². The van der Waals surface area contributed by atoms with E-state index in [9.17, 15) is 4.79 Å². The quantitative estimate of drug-likeness (QED) is 0.610. The number of amides is 1. The topological polar surface area (TPSA) is 58.6 Å². The van der Waals surface area contributed by atoms with Gasteiger partial charge in [-0.05, 0) is 66.8 Å². The van der Waals surface area contributed by atoms with Crippen molar-refractivity contribution in [3.63, 3.8) is 0 Å². The molecule has 4 rings (SSSR count). The average molecular weight is 417 g/mol. The lowest BCUT2D eigenvalue weighted by Crippen LogP contribution is -2.49. The van der Waals surface area contributed by atoms with Gasteiger partial charge in [0, 0.05) is 57.0 Å². The van der Waals surface area contributed by atoms with Crippen molar-refractivity contribution in [2.45, 2.75) is 26.3 Å². The Balaban J connectivity index is 1.22. The highest BCUT2D eigenvalue weighted by molar-refractivity contribution is 5.70. The summed E-state index contributed by atoms with van der Waals surface area (Å²) in [6, 6.07) is 15.9. The number of nitrogens with zero attached hydrogens (tertiary/aromatic N) is 4. The fourth-order valence-corrected chi connectivity index (χ4v) is 3.74. The van der Waals surface area contributed by atoms with Gasteiger partial charge in [-0.3, -0.25) is 14.9 Å². The number of carbonyl (C=O) groups is 1. The summed E-state index contributed by atoms with van der Waals surface area (Å²) in [5.74, 6) is 0.584. The molecule has 0 bridgehead atoms. The van der Waals surface area contributed by atoms with E-state index < -0.39 is 0 Å². The summed E-state index contributed by atoms with van der Waals surface area (Å²) in [5.41, 5.74) is 4.72. The van der Waals surface area contributed by atoms with E-state index in [2.05, 4.69) is 33.9 Å². The average Bonchev–Trinajstić information content (AvgIpc) is 2.80. The molecular weight excluding hydrogens is 388 g/mol. The Labute approximate surface area is 183 Å². The van der Waals surface area contributed by atoms with Crippen LogP contribution in [0.3, 0.4) is 0 Å². The number of hydrogen-bond acceptors (Lipinski definition) is 5. The molecule has 6 nitrogen and oxygen atoms in total. The molecule has 1 saturated heterocycles. The summed E-state index contributed by atoms with van der Waals surface area (Å²) in [4.78, 5) is 25.2. The van der Waals surface area contributed by atoms with E-state index >= 15 is 0 Å². The maximum absolute atomic E-state index is 12.5. The van der Waals surface area contributed by atoms with Crippen LogP contribution in [0.25, 0.3) is 0 Å². The van der Waals surface area contributed by atoms with Crippen molar-refractivity contribution in [3.05, 3.63) is 89.5 Å². The van der Waals surface area contributed by atoms with Crippen molar-refractivity contribution in [3.8, 4) is 5.75 Å². The Kier molecular flexibility index (Phi) is 6.89. The molecule has 3 heterocycles. The highest BCUT2D eigenvalue weighted by Gasteiger charge is 2.22. The normalized spacial score (nSPS) is 14.4. The van der Waals surface area contributed by atoms with Gasteiger partial charge in [0.05, 0.1) is 0 Å². The Morgan fingerprint density at radius 2 is 1.77 bits per heavy atom. The molecule has 6 heteroatoms. The molecule has 0 atom stereocenters. The molecule has 0 aliphatic carbocycles. The fraction of sp³-hybridized carbons (Fsp3) is 0.320. The van der Waals surface area contributed by atoms with Crippen LogP contribution in [-0.2, 0) is 19.4 Å². The van der Waals surface area contributed by atoms with Crippen LogP contribution >= 0.6 is 0 Å². The second-order valence-electron chi connectivity index (χ2n) is 7.96. The van der Waals surface area contributed by atoms with Crippen molar-refractivity contribution < 1.29 is 9.53 Å². The maximum Gasteiger partial charge on any atom is 0.415 e. The van der Waals surface area contributed by atoms with Gasteiger partial charge in [-0.15, -0.1) is 0 Å². The van der Waals surface area contributed by atoms with E-state index in [4.69, 9.17) is 4.74 Å². The van der Waals surface area contributed by atoms with E-state index in [0.29, 0.717) is 18.8 Å². The SMILES string of the molecule is Cc1ccnc(CCc2ccc(OC(=O)N3CCN(Cc4cccnc4)CC3)cc2)c1. The van der Waals surface area contributed by atoms with E-state index in [-0.39, 0.29) is 6.09 Å². The zero-order valence-electron chi connectivity index (χ0n) is 17.9. The molecule has 3 aromatic rings. The lowest BCUT2D eigenvalue weighted by molar-refractivity contribution is 0.108. The van der Waals surface area contributed by atoms with Crippen LogP contribution < -0.4 is 4.74 Å². The molecule has 1 aromatic carbocycles. The van der Waals surface area contributed by atoms with Crippen molar-refractivity contribution in [2.75, 3.05) is 26.2 Å². The Bertz CT molecular complexity index is 984. The van der Waals surface area contributed by atoms with Crippen molar-refractivity contribution >= 4 is 6.09 Å². The first-order valence-corrected chi connectivity index (χ1v) is 10.7. The molecule has 0 saturated carbocycles. The first-order valence-electron chi connectivity index (χ1n) is 10.7. The predicted octanol–water partition coefficient (Wildman–Crippen LogP) is 3.89. The standard InChI is InChI=1S/C25H28N4O2/c1-20-10-12-27-23(17-20)7-4-21-5-8-24(9-6-21)31-25(30)29-15-13-28(14-16-29)19-22-3-2-11-26-18-22/h2-3,5-6,8-12,17-18H,4,7,13-16,19H2,1H3. The molecule has 2 aromatic heterocycles. The van der Waals surface area contributed by atoms with Crippen LogP contribution in [0.5, 0.6) is 5.75 Å². The third-order valence-corrected chi connectivity index (χ3v) is 5.53. The third kappa shape index (κ3) is 6.12. The zero-order valence-corrected chi connectivity index (χ0v) is 17.9. The van der Waals surface area contributed by atoms with Gasteiger partial charge in [0.2, 0.25) is 0 Å². The number of carbonyl (C=O) groups excluding carboxylic acids is 1. The van der Waals surface area contributed by atoms with Gasteiger partial charge in [0.15, 0.2) is 0 Å². The molecule has 0 radical (unpaired) electrons. The van der Waals surface area contributed by atoms with Crippen LogP contribution in [0, 0.1) is 6.92 Å². The maximum atomic E-state index is 12.5. The molecule has 1 fully saturated rings. The highest BCUT2D eigenvalue weighted by Crippen LogP contribution is 2.16. The second kappa shape index (κ2) is 10.2. The Morgan fingerprint density at radius 1 is 0.968 bits per heavy atom. The van der Waals surface area contributed by atoms with Gasteiger partial charge in [-0.25, -0.2) is 4.79 Å². The van der Waals surface area contributed by atoms with E-state index in [0.717, 1.165) is 38.2 Å². The molecule has 31 heavy (non-hydrogen) atoms. The summed E-state index contributed by atoms with van der Waals surface area (Å²) in [5, 5.41) is 0. The van der Waals surface area contributed by atoms with E-state index in [1.807, 2.05) is 48.8 Å². The smallest absolute Gasteiger partial charge is 0.410 e. The van der Waals surface area contributed by atoms with Crippen LogP contribution in [0.2, 0.25) is 0 Å². The minimum absolute atomic E-state index is 0.280. The number of pyridine rings is 2. The van der Waals surface area contributed by atoms with Crippen LogP contribution in [0.1, 0.15) is 22.4 Å². The number of hydrogen-bond donors (Lipinski definition) is 0. The minimum Gasteiger partial charge on any atom is -0.410 e. The highest BCUT2D eigenvalue weighted by atomic mass is 16.6. The molecule has 1 aliphatic heterocycles. The van der Waals surface area contributed by atoms with Gasteiger partial charge in [-0.1, -0.05) is 18.2 Å². The van der Waals surface area contributed by atoms with Gasteiger partial charge < -0.3 is 9.64 Å². The van der Waals surface area contributed by atoms with Gasteiger partial charge >= 0.3 is 6.09 Å². The van der Waals surface area contributed by atoms with Gasteiger partial charge in [-0.2, -0.15) is 0 Å². The minimum atomic E-state index is -0.280. The van der Waals surface area contributed by atoms with E-state index in [1.165, 1.54) is 16.7 Å². The Morgan fingerprint density at radius 3 is 2.48 bits per heavy atom. The monoisotopic (exact) mass is 416 g/mol. The molecule has 160 valence electrons. The van der Waals surface area contributed by atoms with Crippen LogP contribution in [-0.4, -0.2) is 52.0 Å². The molecular formula is C25H28N4O2. The molecule has 0 N–H and O–H groups in total. The zero-order chi connectivity index (χ0) is 21.5. The molecule has 0 unspecified atom stereocenters. The Hall–Kier alpha value is -3.25. The number of aromatic nitrogens is 2. The summed E-state index contributed by atoms with van der Waals surface area (Å²) in [6.45, 7) is 5.93. The van der Waals surface area contributed by atoms with Crippen molar-refractivity contribution in [1.29, 1.82) is 0 Å². The summed E-state index contributed by atoms with van der Waals surface area (Å²) in [7, 11) is 0. The second-order valence-corrected chi connectivity index (χ2v) is 7.96. The molecule has 0 spiro atoms. The number of rotatable bonds is 6. The number of piperazine rings is 1. The largest absolute Gasteiger partial charge is 0.415 e. The third-order valence-electron chi connectivity index (χ3n) is 5.53. The fourth-order valence-electron chi connectivity index (χ4n) is 3.74. The number of aryl methyl sites for hydroxylation is 3. The first-order chi connectivity index (χ1) is 15.2. The summed E-state index contributed by atoms with van der Waals surface area (Å²) < 4.78 is 5.59. The van der Waals surface area contributed by atoms with Crippen LogP contribution in [0.4, 0.5) is 4.79 Å². The summed E-state index contributed by atoms with van der Waals surface area (Å²) >= 11 is 0. The molecule has 1 amide bonds. The predicted molar refractivity (Wildman–Crippen MR) is 120 cm³/mol. The first kappa shape index (κ1) is 21.0. The number of benzene rings is 1. The van der Waals surface area contributed by atoms with Gasteiger partial charge in [0.1, 0.15) is 5.75 Å². The van der Waals surface area contributed by atoms with Gasteiger partial charge in [0.25, 0.3) is 0 Å². The van der Waals surface area contributed by atoms with Crippen molar-refractivity contribution in [1.82, 2.24) is 19.8 Å². The lowest BCUT2D eigenvalue weighted by Gasteiger charge is -2.33.